The van der Waals surface area contributed by atoms with Gasteiger partial charge in [-0.2, -0.15) is 0 Å². The molecule has 0 N–H and O–H groups in total. The molecule has 0 saturated carbocycles. The third kappa shape index (κ3) is 4.36. The number of benzene rings is 1. The van der Waals surface area contributed by atoms with Crippen LogP contribution in [0.3, 0.4) is 0 Å². The van der Waals surface area contributed by atoms with Crippen molar-refractivity contribution in [2.45, 2.75) is 96.5 Å². The maximum Gasteiger partial charge on any atom is 0.489 e. The summed E-state index contributed by atoms with van der Waals surface area (Å²) in [6.45, 7) is 21.0. The Bertz CT molecular complexity index is 711. The summed E-state index contributed by atoms with van der Waals surface area (Å²) in [6.07, 6.45) is 1.76. The molecule has 0 radical (unpaired) electrons. The fourth-order valence-corrected chi connectivity index (χ4v) is 3.69. The van der Waals surface area contributed by atoms with Crippen LogP contribution in [-0.4, -0.2) is 36.6 Å². The quantitative estimate of drug-likeness (QED) is 0.612. The van der Waals surface area contributed by atoms with Gasteiger partial charge >= 0.3 is 14.2 Å². The first kappa shape index (κ1) is 22.6. The van der Waals surface area contributed by atoms with Crippen molar-refractivity contribution in [1.82, 2.24) is 0 Å². The van der Waals surface area contributed by atoms with Gasteiger partial charge in [-0.25, -0.2) is 0 Å². The zero-order chi connectivity index (χ0) is 21.7. The Hall–Kier alpha value is -1.07. The molecule has 2 aliphatic rings. The lowest BCUT2D eigenvalue weighted by Gasteiger charge is -2.32. The molecular weight excluding hydrogens is 362 g/mol. The molecule has 0 unspecified atom stereocenters. The average molecular weight is 398 g/mol. The molecule has 2 fully saturated rings. The third-order valence-electron chi connectivity index (χ3n) is 7.22. The molecule has 1 atom stereocenters. The van der Waals surface area contributed by atoms with Crippen molar-refractivity contribution in [3.63, 3.8) is 0 Å². The number of hydrogen-bond acceptors (Lipinski definition) is 4. The third-order valence-corrected chi connectivity index (χ3v) is 7.22. The highest BCUT2D eigenvalue weighted by Gasteiger charge is 2.58. The van der Waals surface area contributed by atoms with Gasteiger partial charge in [0.05, 0.1) is 22.4 Å². The number of hydrogen-bond donors (Lipinski definition) is 0. The van der Waals surface area contributed by atoms with Crippen LogP contribution >= 0.6 is 0 Å². The summed E-state index contributed by atoms with van der Waals surface area (Å²) in [4.78, 5) is 0. The van der Waals surface area contributed by atoms with Gasteiger partial charge in [0.25, 0.3) is 0 Å². The Morgan fingerprint density at radius 2 is 1.24 bits per heavy atom. The molecule has 2 heterocycles. The van der Waals surface area contributed by atoms with Crippen LogP contribution in [-0.2, 0) is 25.0 Å². The normalized spacial score (nSPS) is 25.2. The fourth-order valence-electron chi connectivity index (χ4n) is 3.69. The van der Waals surface area contributed by atoms with E-state index >= 15 is 0 Å². The lowest BCUT2D eigenvalue weighted by Crippen LogP contribution is -2.41. The molecule has 4 nitrogen and oxygen atoms in total. The van der Waals surface area contributed by atoms with Gasteiger partial charge in [0, 0.05) is 5.82 Å². The smallest absolute Gasteiger partial charge is 0.403 e. The number of rotatable bonds is 6. The van der Waals surface area contributed by atoms with Gasteiger partial charge in [0.1, 0.15) is 0 Å². The van der Waals surface area contributed by atoms with Gasteiger partial charge in [0.15, 0.2) is 0 Å². The molecule has 1 aromatic rings. The highest BCUT2D eigenvalue weighted by molar-refractivity contribution is 6.60. The molecule has 0 spiro atoms. The van der Waals surface area contributed by atoms with Crippen LogP contribution in [0.4, 0.5) is 0 Å². The summed E-state index contributed by atoms with van der Waals surface area (Å²) < 4.78 is 25.4. The summed E-state index contributed by atoms with van der Waals surface area (Å²) >= 11 is 0. The highest BCUT2D eigenvalue weighted by Crippen LogP contribution is 2.46. The summed E-state index contributed by atoms with van der Waals surface area (Å²) in [5.74, 6) is -0.0362. The first-order chi connectivity index (χ1) is 13.3. The van der Waals surface area contributed by atoms with Crippen LogP contribution in [0.25, 0.3) is 0 Å². The van der Waals surface area contributed by atoms with Gasteiger partial charge < -0.3 is 18.6 Å². The second kappa shape index (κ2) is 7.56. The first-order valence-corrected chi connectivity index (χ1v) is 10.7. The predicted molar refractivity (Wildman–Crippen MR) is 120 cm³/mol. The van der Waals surface area contributed by atoms with E-state index in [1.807, 2.05) is 6.07 Å². The molecule has 6 heteroatoms. The molecule has 158 valence electrons. The van der Waals surface area contributed by atoms with Gasteiger partial charge in [-0.1, -0.05) is 30.3 Å². The van der Waals surface area contributed by atoms with Gasteiger partial charge in [-0.15, -0.1) is 6.58 Å². The van der Waals surface area contributed by atoms with Crippen LogP contribution in [0.1, 0.15) is 67.4 Å². The van der Waals surface area contributed by atoms with E-state index in [2.05, 4.69) is 86.2 Å². The van der Waals surface area contributed by atoms with Crippen molar-refractivity contribution in [1.29, 1.82) is 0 Å². The van der Waals surface area contributed by atoms with E-state index in [-0.39, 0.29) is 12.9 Å². The van der Waals surface area contributed by atoms with Crippen molar-refractivity contribution < 1.29 is 18.6 Å². The molecule has 0 amide bonds. The predicted octanol–water partition coefficient (Wildman–Crippen LogP) is 5.27. The van der Waals surface area contributed by atoms with Crippen molar-refractivity contribution in [3.8, 4) is 0 Å². The van der Waals surface area contributed by atoms with Gasteiger partial charge in [-0.3, -0.25) is 0 Å². The van der Waals surface area contributed by atoms with Crippen molar-refractivity contribution in [3.05, 3.63) is 47.9 Å². The monoisotopic (exact) mass is 398 g/mol. The molecule has 2 aliphatic heterocycles. The summed E-state index contributed by atoms with van der Waals surface area (Å²) in [5, 5.41) is 0. The van der Waals surface area contributed by atoms with E-state index in [1.165, 1.54) is 5.56 Å². The molecule has 0 aliphatic carbocycles. The zero-order valence-electron chi connectivity index (χ0n) is 19.4. The van der Waals surface area contributed by atoms with Crippen molar-refractivity contribution in [2.24, 2.45) is 0 Å². The van der Waals surface area contributed by atoms with E-state index in [1.54, 1.807) is 0 Å². The number of allylic oxidation sites excluding steroid dienone is 1. The molecule has 2 saturated heterocycles. The Labute approximate surface area is 177 Å². The second-order valence-electron chi connectivity index (χ2n) is 10.4. The van der Waals surface area contributed by atoms with E-state index in [9.17, 15) is 0 Å². The van der Waals surface area contributed by atoms with E-state index < -0.39 is 29.5 Å². The zero-order valence-corrected chi connectivity index (χ0v) is 19.4. The SMILES string of the molecule is C=C(B1OC(C)(C)C(C)(C)O1)[C@@H](CCc1ccccc1)B1OC(C)(C)C(C)(C)O1. The van der Waals surface area contributed by atoms with Crippen molar-refractivity contribution in [2.75, 3.05) is 0 Å². The van der Waals surface area contributed by atoms with Gasteiger partial charge in [0.2, 0.25) is 0 Å². The standard InChI is InChI=1S/C23H36B2O4/c1-17(24-26-20(2,3)21(4,5)27-24)19(16-15-18-13-11-10-12-14-18)25-28-22(6,7)23(8,9)29-25/h10-14,19H,1,15-16H2,2-9H3/t19-/m1/s1. The molecule has 0 bridgehead atoms. The minimum Gasteiger partial charge on any atom is -0.403 e. The average Bonchev–Trinajstić information content (AvgIpc) is 2.95. The fraction of sp³-hybridized carbons (Fsp3) is 0.652. The van der Waals surface area contributed by atoms with Crippen LogP contribution in [0.2, 0.25) is 5.82 Å². The molecule has 0 aromatic heterocycles. The maximum absolute atomic E-state index is 6.41. The molecule has 3 rings (SSSR count). The van der Waals surface area contributed by atoms with Crippen LogP contribution < -0.4 is 0 Å². The van der Waals surface area contributed by atoms with Crippen LogP contribution in [0.5, 0.6) is 0 Å². The van der Waals surface area contributed by atoms with E-state index in [0.29, 0.717) is 0 Å². The van der Waals surface area contributed by atoms with Crippen molar-refractivity contribution >= 4 is 14.2 Å². The molecular formula is C23H36B2O4. The minimum atomic E-state index is -0.472. The Balaban J connectivity index is 1.82. The summed E-state index contributed by atoms with van der Waals surface area (Å²) in [6, 6.07) is 10.5. The lowest BCUT2D eigenvalue weighted by atomic mass is 9.56. The Morgan fingerprint density at radius 1 is 0.793 bits per heavy atom. The molecule has 1 aromatic carbocycles. The van der Waals surface area contributed by atoms with Crippen LogP contribution in [0.15, 0.2) is 42.4 Å². The Kier molecular flexibility index (Phi) is 5.90. The second-order valence-corrected chi connectivity index (χ2v) is 10.4. The summed E-state index contributed by atoms with van der Waals surface area (Å²) in [7, 11) is -0.852. The number of aryl methyl sites for hydroxylation is 1. The topological polar surface area (TPSA) is 36.9 Å². The van der Waals surface area contributed by atoms with Gasteiger partial charge in [-0.05, 0) is 79.3 Å². The maximum atomic E-state index is 6.41. The Morgan fingerprint density at radius 3 is 1.72 bits per heavy atom. The first-order valence-electron chi connectivity index (χ1n) is 10.7. The largest absolute Gasteiger partial charge is 0.489 e. The van der Waals surface area contributed by atoms with Crippen LogP contribution in [0, 0.1) is 0 Å². The molecule has 29 heavy (non-hydrogen) atoms. The summed E-state index contributed by atoms with van der Waals surface area (Å²) in [5.41, 5.74) is 0.590. The highest BCUT2D eigenvalue weighted by atomic mass is 16.7. The lowest BCUT2D eigenvalue weighted by molar-refractivity contribution is 0.00578. The van der Waals surface area contributed by atoms with E-state index in [4.69, 9.17) is 18.6 Å². The van der Waals surface area contributed by atoms with E-state index in [0.717, 1.165) is 18.3 Å². The minimum absolute atomic E-state index is 0.0362.